The van der Waals surface area contributed by atoms with Crippen molar-refractivity contribution in [1.29, 1.82) is 0 Å². The Labute approximate surface area is 131 Å². The van der Waals surface area contributed by atoms with E-state index in [1.54, 1.807) is 6.07 Å². The van der Waals surface area contributed by atoms with Gasteiger partial charge >= 0.3 is 0 Å². The van der Waals surface area contributed by atoms with Crippen LogP contribution in [0.5, 0.6) is 0 Å². The zero-order valence-corrected chi connectivity index (χ0v) is 13.4. The quantitative estimate of drug-likeness (QED) is 0.641. The van der Waals surface area contributed by atoms with E-state index in [2.05, 4.69) is 33.5 Å². The van der Waals surface area contributed by atoms with Crippen molar-refractivity contribution < 1.29 is 9.72 Å². The van der Waals surface area contributed by atoms with Gasteiger partial charge in [-0.05, 0) is 30.9 Å². The number of halogens is 1. The van der Waals surface area contributed by atoms with Crippen LogP contribution in [0.2, 0.25) is 0 Å². The molecule has 1 aliphatic heterocycles. The fourth-order valence-corrected chi connectivity index (χ4v) is 2.96. The Hall–Kier alpha value is -1.47. The molecule has 1 atom stereocenters. The zero-order chi connectivity index (χ0) is 15.5. The Bertz CT molecular complexity index is 556. The molecule has 6 nitrogen and oxygen atoms in total. The highest BCUT2D eigenvalue weighted by molar-refractivity contribution is 9.10. The summed E-state index contributed by atoms with van der Waals surface area (Å²) >= 11 is 3.19. The second-order valence-electron chi connectivity index (χ2n) is 5.73. The van der Waals surface area contributed by atoms with Gasteiger partial charge < -0.3 is 10.6 Å². The van der Waals surface area contributed by atoms with Crippen molar-refractivity contribution in [3.63, 3.8) is 0 Å². The predicted molar refractivity (Wildman–Crippen MR) is 83.3 cm³/mol. The van der Waals surface area contributed by atoms with Crippen molar-refractivity contribution in [1.82, 2.24) is 10.6 Å². The summed E-state index contributed by atoms with van der Waals surface area (Å²) in [7, 11) is 0. The predicted octanol–water partition coefficient (Wildman–Crippen LogP) is 2.48. The van der Waals surface area contributed by atoms with Gasteiger partial charge in [0.15, 0.2) is 0 Å². The summed E-state index contributed by atoms with van der Waals surface area (Å²) in [5.41, 5.74) is 0.231. The number of benzene rings is 1. The maximum Gasteiger partial charge on any atom is 0.271 e. The van der Waals surface area contributed by atoms with Crippen LogP contribution in [0.4, 0.5) is 5.69 Å². The van der Waals surface area contributed by atoms with E-state index >= 15 is 0 Å². The van der Waals surface area contributed by atoms with Gasteiger partial charge in [0, 0.05) is 35.3 Å². The van der Waals surface area contributed by atoms with Crippen molar-refractivity contribution in [2.75, 3.05) is 19.6 Å². The molecule has 0 bridgehead atoms. The van der Waals surface area contributed by atoms with Crippen LogP contribution in [0.3, 0.4) is 0 Å². The molecule has 1 heterocycles. The topological polar surface area (TPSA) is 84.3 Å². The lowest BCUT2D eigenvalue weighted by molar-refractivity contribution is -0.385. The molecule has 0 spiro atoms. The number of carbonyl (C=O) groups excluding carboxylic acids is 1. The van der Waals surface area contributed by atoms with Gasteiger partial charge in [-0.25, -0.2) is 0 Å². The molecule has 1 aliphatic rings. The smallest absolute Gasteiger partial charge is 0.271 e. The maximum absolute atomic E-state index is 12.2. The zero-order valence-electron chi connectivity index (χ0n) is 11.8. The van der Waals surface area contributed by atoms with Gasteiger partial charge in [-0.2, -0.15) is 0 Å². The number of nitro benzene ring substituents is 1. The van der Waals surface area contributed by atoms with Crippen LogP contribution in [0.1, 0.15) is 30.1 Å². The largest absolute Gasteiger partial charge is 0.351 e. The first kappa shape index (κ1) is 15.9. The Balaban J connectivity index is 2.04. The highest BCUT2D eigenvalue weighted by Gasteiger charge is 2.27. The first-order valence-corrected chi connectivity index (χ1v) is 7.63. The number of hydrogen-bond donors (Lipinski definition) is 2. The van der Waals surface area contributed by atoms with Crippen molar-refractivity contribution in [2.24, 2.45) is 5.41 Å². The second-order valence-corrected chi connectivity index (χ2v) is 6.64. The first-order chi connectivity index (χ1) is 9.89. The minimum Gasteiger partial charge on any atom is -0.351 e. The lowest BCUT2D eigenvalue weighted by atomic mass is 9.83. The third-order valence-corrected chi connectivity index (χ3v) is 4.17. The van der Waals surface area contributed by atoms with Gasteiger partial charge in [-0.3, -0.25) is 14.9 Å². The maximum atomic E-state index is 12.2. The number of rotatable bonds is 4. The molecule has 2 N–H and O–H groups in total. The van der Waals surface area contributed by atoms with E-state index in [1.165, 1.54) is 12.1 Å². The number of hydrogen-bond acceptors (Lipinski definition) is 4. The lowest BCUT2D eigenvalue weighted by Gasteiger charge is -2.34. The average Bonchev–Trinajstić information content (AvgIpc) is 2.45. The Morgan fingerprint density at radius 1 is 1.52 bits per heavy atom. The van der Waals surface area contributed by atoms with Crippen LogP contribution in [0.25, 0.3) is 0 Å². The van der Waals surface area contributed by atoms with Gasteiger partial charge in [0.05, 0.1) is 4.92 Å². The molecule has 0 saturated carbocycles. The minimum atomic E-state index is -0.506. The molecule has 7 heteroatoms. The van der Waals surface area contributed by atoms with E-state index in [0.717, 1.165) is 25.9 Å². The van der Waals surface area contributed by atoms with Crippen LogP contribution in [0, 0.1) is 15.5 Å². The van der Waals surface area contributed by atoms with Gasteiger partial charge in [0.1, 0.15) is 0 Å². The molecule has 1 aromatic carbocycles. The van der Waals surface area contributed by atoms with Crippen molar-refractivity contribution >= 4 is 27.5 Å². The number of nitrogens with zero attached hydrogens (tertiary/aromatic N) is 1. The molecule has 1 fully saturated rings. The third kappa shape index (κ3) is 4.25. The molecule has 1 saturated heterocycles. The molecule has 0 aromatic heterocycles. The molecule has 1 unspecified atom stereocenters. The number of non-ortho nitro benzene ring substituents is 1. The summed E-state index contributed by atoms with van der Waals surface area (Å²) < 4.78 is 0.521. The van der Waals surface area contributed by atoms with E-state index < -0.39 is 4.92 Å². The van der Waals surface area contributed by atoms with E-state index in [-0.39, 0.29) is 17.0 Å². The van der Waals surface area contributed by atoms with Crippen molar-refractivity contribution in [2.45, 2.75) is 19.8 Å². The highest BCUT2D eigenvalue weighted by Crippen LogP contribution is 2.25. The van der Waals surface area contributed by atoms with Crippen molar-refractivity contribution in [3.05, 3.63) is 38.3 Å². The van der Waals surface area contributed by atoms with Crippen LogP contribution in [-0.2, 0) is 0 Å². The number of nitrogens with one attached hydrogen (secondary N) is 2. The van der Waals surface area contributed by atoms with E-state index in [9.17, 15) is 14.9 Å². The van der Waals surface area contributed by atoms with Gasteiger partial charge in [-0.1, -0.05) is 22.9 Å². The van der Waals surface area contributed by atoms with E-state index in [0.29, 0.717) is 16.6 Å². The lowest BCUT2D eigenvalue weighted by Crippen LogP contribution is -2.45. The Morgan fingerprint density at radius 2 is 2.29 bits per heavy atom. The Kier molecular flexibility index (Phi) is 4.95. The number of piperidine rings is 1. The summed E-state index contributed by atoms with van der Waals surface area (Å²) in [6.07, 6.45) is 2.15. The van der Waals surface area contributed by atoms with Crippen molar-refractivity contribution in [3.8, 4) is 0 Å². The molecular weight excluding hydrogens is 338 g/mol. The number of amides is 1. The van der Waals surface area contributed by atoms with Gasteiger partial charge in [-0.15, -0.1) is 0 Å². The summed E-state index contributed by atoms with van der Waals surface area (Å²) in [6, 6.07) is 4.26. The highest BCUT2D eigenvalue weighted by atomic mass is 79.9. The Morgan fingerprint density at radius 3 is 2.90 bits per heavy atom. The van der Waals surface area contributed by atoms with Crippen LogP contribution in [-0.4, -0.2) is 30.5 Å². The number of carbonyl (C=O) groups is 1. The molecule has 0 aliphatic carbocycles. The molecular formula is C14H18BrN3O3. The second kappa shape index (κ2) is 6.53. The van der Waals surface area contributed by atoms with Crippen LogP contribution in [0.15, 0.2) is 22.7 Å². The summed E-state index contributed by atoms with van der Waals surface area (Å²) in [5, 5.41) is 17.0. The van der Waals surface area contributed by atoms with Crippen LogP contribution < -0.4 is 10.6 Å². The minimum absolute atomic E-state index is 0.0336. The molecule has 21 heavy (non-hydrogen) atoms. The fourth-order valence-electron chi connectivity index (χ4n) is 2.48. The number of nitro groups is 1. The fraction of sp³-hybridized carbons (Fsp3) is 0.500. The van der Waals surface area contributed by atoms with E-state index in [1.807, 2.05) is 0 Å². The molecule has 2 rings (SSSR count). The van der Waals surface area contributed by atoms with Gasteiger partial charge in [0.2, 0.25) is 0 Å². The molecule has 1 amide bonds. The molecule has 0 radical (unpaired) electrons. The third-order valence-electron chi connectivity index (χ3n) is 3.72. The van der Waals surface area contributed by atoms with E-state index in [4.69, 9.17) is 0 Å². The van der Waals surface area contributed by atoms with Gasteiger partial charge in [0.25, 0.3) is 11.6 Å². The molecule has 1 aromatic rings. The molecule has 114 valence electrons. The SMILES string of the molecule is CC1(CNC(=O)c2cc(Br)cc([N+](=O)[O-])c2)CCCNC1. The van der Waals surface area contributed by atoms with Crippen LogP contribution >= 0.6 is 15.9 Å². The summed E-state index contributed by atoms with van der Waals surface area (Å²) in [4.78, 5) is 22.5. The summed E-state index contributed by atoms with van der Waals surface area (Å²) in [6.45, 7) is 4.56. The standard InChI is InChI=1S/C14H18BrN3O3/c1-14(3-2-4-16-8-14)9-17-13(19)10-5-11(15)7-12(6-10)18(20)21/h5-7,16H,2-4,8-9H2,1H3,(H,17,19). The average molecular weight is 356 g/mol. The monoisotopic (exact) mass is 355 g/mol. The summed E-state index contributed by atoms with van der Waals surface area (Å²) in [5.74, 6) is -0.286. The first-order valence-electron chi connectivity index (χ1n) is 6.84. The normalized spacial score (nSPS) is 21.8.